The Morgan fingerprint density at radius 1 is 1.24 bits per heavy atom. The lowest BCUT2D eigenvalue weighted by Crippen LogP contribution is -2.20. The number of benzene rings is 1. The molecule has 0 radical (unpaired) electrons. The Hall–Kier alpha value is -1.88. The number of rotatable bonds is 5. The molecule has 1 N–H and O–H groups in total. The Labute approximate surface area is 127 Å². The summed E-state index contributed by atoms with van der Waals surface area (Å²) in [6.07, 6.45) is 0. The number of anilines is 2. The monoisotopic (exact) mass is 311 g/mol. The molecule has 3 nitrogen and oxygen atoms in total. The Balaban J connectivity index is 2.28. The maximum absolute atomic E-state index is 13.9. The quantitative estimate of drug-likeness (QED) is 0.901. The molecule has 1 heterocycles. The van der Waals surface area contributed by atoms with E-state index in [9.17, 15) is 8.78 Å². The first-order valence-electron chi connectivity index (χ1n) is 6.57. The van der Waals surface area contributed by atoms with Crippen LogP contribution in [0, 0.1) is 11.6 Å². The van der Waals surface area contributed by atoms with Crippen LogP contribution in [0.2, 0.25) is 5.02 Å². The van der Waals surface area contributed by atoms with Crippen molar-refractivity contribution in [3.63, 3.8) is 0 Å². The van der Waals surface area contributed by atoms with Crippen molar-refractivity contribution in [1.29, 1.82) is 0 Å². The molecule has 0 saturated heterocycles. The van der Waals surface area contributed by atoms with E-state index in [1.807, 2.05) is 25.1 Å². The Morgan fingerprint density at radius 3 is 2.62 bits per heavy atom. The summed E-state index contributed by atoms with van der Waals surface area (Å²) in [5.41, 5.74) is 0.845. The molecule has 112 valence electrons. The smallest absolute Gasteiger partial charge is 0.168 e. The van der Waals surface area contributed by atoms with Gasteiger partial charge in [-0.2, -0.15) is 0 Å². The molecule has 0 atom stereocenters. The van der Waals surface area contributed by atoms with E-state index in [0.29, 0.717) is 18.1 Å². The summed E-state index contributed by atoms with van der Waals surface area (Å²) in [7, 11) is 1.68. The van der Waals surface area contributed by atoms with E-state index in [-0.39, 0.29) is 11.6 Å². The van der Waals surface area contributed by atoms with Crippen LogP contribution in [0.3, 0.4) is 0 Å². The van der Waals surface area contributed by atoms with Gasteiger partial charge in [-0.3, -0.25) is 0 Å². The van der Waals surface area contributed by atoms with E-state index in [1.165, 1.54) is 0 Å². The van der Waals surface area contributed by atoms with Gasteiger partial charge in [-0.25, -0.2) is 13.8 Å². The van der Waals surface area contributed by atoms with E-state index in [4.69, 9.17) is 11.6 Å². The lowest BCUT2D eigenvalue weighted by Gasteiger charge is -2.20. The van der Waals surface area contributed by atoms with Crippen LogP contribution < -0.4 is 10.2 Å². The van der Waals surface area contributed by atoms with Gasteiger partial charge in [0.15, 0.2) is 23.3 Å². The predicted octanol–water partition coefficient (Wildman–Crippen LogP) is 4.08. The zero-order chi connectivity index (χ0) is 15.4. The minimum absolute atomic E-state index is 0.0416. The van der Waals surface area contributed by atoms with Gasteiger partial charge in [0, 0.05) is 31.2 Å². The molecule has 1 aromatic carbocycles. The maximum atomic E-state index is 13.9. The fourth-order valence-electron chi connectivity index (χ4n) is 1.97. The van der Waals surface area contributed by atoms with Crippen LogP contribution in [0.1, 0.15) is 12.5 Å². The van der Waals surface area contributed by atoms with E-state index in [2.05, 4.69) is 10.3 Å². The second-order valence-electron chi connectivity index (χ2n) is 4.60. The number of nitrogens with zero attached hydrogens (tertiary/aromatic N) is 2. The van der Waals surface area contributed by atoms with Gasteiger partial charge in [0.25, 0.3) is 0 Å². The topological polar surface area (TPSA) is 28.2 Å². The number of hydrogen-bond acceptors (Lipinski definition) is 3. The van der Waals surface area contributed by atoms with Crippen LogP contribution in [0.4, 0.5) is 20.4 Å². The summed E-state index contributed by atoms with van der Waals surface area (Å²) < 4.78 is 27.5. The van der Waals surface area contributed by atoms with Crippen LogP contribution in [-0.4, -0.2) is 18.6 Å². The van der Waals surface area contributed by atoms with Crippen LogP contribution in [0.25, 0.3) is 0 Å². The van der Waals surface area contributed by atoms with Gasteiger partial charge in [-0.05, 0) is 18.6 Å². The zero-order valence-electron chi connectivity index (χ0n) is 11.8. The molecule has 0 unspecified atom stereocenters. The summed E-state index contributed by atoms with van der Waals surface area (Å²) in [5, 5.41) is 3.36. The largest absolute Gasteiger partial charge is 0.368 e. The number of nitrogens with one attached hydrogen (secondary N) is 1. The summed E-state index contributed by atoms with van der Waals surface area (Å²) in [6, 6.07) is 8.14. The van der Waals surface area contributed by atoms with Gasteiger partial charge >= 0.3 is 0 Å². The van der Waals surface area contributed by atoms with Gasteiger partial charge in [0.1, 0.15) is 0 Å². The van der Waals surface area contributed by atoms with Crippen LogP contribution in [0.5, 0.6) is 0 Å². The standard InChI is InChI=1S/C15H16ClF2N3/c1-3-19-14-12(17)8-13(18)15(20-14)21(2)9-10-6-4-5-7-11(10)16/h4-8H,3,9H2,1-2H3,(H,19,20). The highest BCUT2D eigenvalue weighted by molar-refractivity contribution is 6.31. The van der Waals surface area contributed by atoms with E-state index in [1.54, 1.807) is 18.0 Å². The molecule has 0 aliphatic heterocycles. The summed E-state index contributed by atoms with van der Waals surface area (Å²) in [4.78, 5) is 5.60. The van der Waals surface area contributed by atoms with Crippen molar-refractivity contribution in [2.45, 2.75) is 13.5 Å². The number of halogens is 3. The van der Waals surface area contributed by atoms with Gasteiger partial charge in [0.05, 0.1) is 0 Å². The molecule has 0 spiro atoms. The van der Waals surface area contributed by atoms with Crippen molar-refractivity contribution in [3.05, 3.63) is 52.6 Å². The number of pyridine rings is 1. The van der Waals surface area contributed by atoms with Crippen molar-refractivity contribution >= 4 is 23.2 Å². The van der Waals surface area contributed by atoms with Crippen molar-refractivity contribution in [2.24, 2.45) is 0 Å². The fourth-order valence-corrected chi connectivity index (χ4v) is 2.17. The maximum Gasteiger partial charge on any atom is 0.168 e. The molecule has 2 rings (SSSR count). The lowest BCUT2D eigenvalue weighted by molar-refractivity contribution is 0.572. The molecule has 0 amide bonds. The fraction of sp³-hybridized carbons (Fsp3) is 0.267. The summed E-state index contributed by atoms with van der Waals surface area (Å²) >= 11 is 6.09. The highest BCUT2D eigenvalue weighted by atomic mass is 35.5. The SMILES string of the molecule is CCNc1nc(N(C)Cc2ccccc2Cl)c(F)cc1F. The highest BCUT2D eigenvalue weighted by Crippen LogP contribution is 2.24. The van der Waals surface area contributed by atoms with Gasteiger partial charge in [-0.1, -0.05) is 29.8 Å². The van der Waals surface area contributed by atoms with Crippen LogP contribution >= 0.6 is 11.6 Å². The third-order valence-electron chi connectivity index (χ3n) is 2.98. The van der Waals surface area contributed by atoms with Crippen molar-refractivity contribution < 1.29 is 8.78 Å². The minimum Gasteiger partial charge on any atom is -0.368 e. The highest BCUT2D eigenvalue weighted by Gasteiger charge is 2.15. The third kappa shape index (κ3) is 3.61. The lowest BCUT2D eigenvalue weighted by atomic mass is 10.2. The summed E-state index contributed by atoms with van der Waals surface area (Å²) in [6.45, 7) is 2.70. The Morgan fingerprint density at radius 2 is 1.95 bits per heavy atom. The van der Waals surface area contributed by atoms with Crippen LogP contribution in [-0.2, 0) is 6.54 Å². The molecule has 6 heteroatoms. The van der Waals surface area contributed by atoms with Gasteiger partial charge in [-0.15, -0.1) is 0 Å². The molecule has 0 aliphatic carbocycles. The number of hydrogen-bond donors (Lipinski definition) is 1. The first kappa shape index (κ1) is 15.5. The third-order valence-corrected chi connectivity index (χ3v) is 3.35. The van der Waals surface area contributed by atoms with E-state index >= 15 is 0 Å². The van der Waals surface area contributed by atoms with Gasteiger partial charge in [0.2, 0.25) is 0 Å². The second kappa shape index (κ2) is 6.72. The Bertz CT molecular complexity index is 634. The van der Waals surface area contributed by atoms with Crippen molar-refractivity contribution in [2.75, 3.05) is 23.8 Å². The predicted molar refractivity (Wildman–Crippen MR) is 81.9 cm³/mol. The first-order valence-corrected chi connectivity index (χ1v) is 6.95. The molecule has 0 aliphatic rings. The molecular weight excluding hydrogens is 296 g/mol. The second-order valence-corrected chi connectivity index (χ2v) is 5.01. The van der Waals surface area contributed by atoms with E-state index in [0.717, 1.165) is 11.6 Å². The van der Waals surface area contributed by atoms with Crippen molar-refractivity contribution in [3.8, 4) is 0 Å². The average Bonchev–Trinajstić information content (AvgIpc) is 2.44. The van der Waals surface area contributed by atoms with E-state index < -0.39 is 11.6 Å². The minimum atomic E-state index is -0.705. The molecule has 0 fully saturated rings. The molecular formula is C15H16ClF2N3. The average molecular weight is 312 g/mol. The first-order chi connectivity index (χ1) is 10.0. The van der Waals surface area contributed by atoms with Crippen LogP contribution in [0.15, 0.2) is 30.3 Å². The molecule has 0 saturated carbocycles. The Kier molecular flexibility index (Phi) is 4.96. The van der Waals surface area contributed by atoms with Gasteiger partial charge < -0.3 is 10.2 Å². The molecule has 1 aromatic heterocycles. The van der Waals surface area contributed by atoms with Crippen molar-refractivity contribution in [1.82, 2.24) is 4.98 Å². The molecule has 0 bridgehead atoms. The normalized spacial score (nSPS) is 10.5. The molecule has 2 aromatic rings. The molecule has 21 heavy (non-hydrogen) atoms. The summed E-state index contributed by atoms with van der Waals surface area (Å²) in [5.74, 6) is -1.29. The zero-order valence-corrected chi connectivity index (χ0v) is 12.6. The number of aromatic nitrogens is 1.